The van der Waals surface area contributed by atoms with E-state index in [0.29, 0.717) is 35.2 Å². The number of anilines is 2. The van der Waals surface area contributed by atoms with Crippen LogP contribution in [-0.4, -0.2) is 24.5 Å². The number of nitrogens with zero attached hydrogens (tertiary/aromatic N) is 1. The molecule has 146 valence electrons. The van der Waals surface area contributed by atoms with Gasteiger partial charge in [0.05, 0.1) is 0 Å². The molecule has 1 amide bonds. The molecule has 3 heterocycles. The van der Waals surface area contributed by atoms with Gasteiger partial charge in [-0.1, -0.05) is 6.07 Å². The molecule has 0 unspecified atom stereocenters. The predicted octanol–water partition coefficient (Wildman–Crippen LogP) is 3.21. The van der Waals surface area contributed by atoms with E-state index in [-0.39, 0.29) is 19.5 Å². The van der Waals surface area contributed by atoms with Crippen LogP contribution in [0.1, 0.15) is 16.1 Å². The minimum absolute atomic E-state index is 0.220. The lowest BCUT2D eigenvalue weighted by molar-refractivity contribution is 0.0946. The van der Waals surface area contributed by atoms with E-state index in [4.69, 9.17) is 18.9 Å². The summed E-state index contributed by atoms with van der Waals surface area (Å²) >= 11 is 0. The number of pyridine rings is 1. The number of carbonyl (C=O) groups is 1. The average Bonchev–Trinajstić information content (AvgIpc) is 3.40. The summed E-state index contributed by atoms with van der Waals surface area (Å²) in [7, 11) is 0. The zero-order valence-corrected chi connectivity index (χ0v) is 15.3. The molecule has 2 aromatic carbocycles. The number of fused-ring (bicyclic) bond motifs is 2. The fourth-order valence-electron chi connectivity index (χ4n) is 3.10. The van der Waals surface area contributed by atoms with Crippen molar-refractivity contribution in [2.45, 2.75) is 6.54 Å². The zero-order valence-electron chi connectivity index (χ0n) is 15.3. The maximum Gasteiger partial charge on any atom is 0.270 e. The number of aromatic nitrogens is 1. The number of carbonyl (C=O) groups excluding carboxylic acids is 1. The van der Waals surface area contributed by atoms with E-state index in [9.17, 15) is 4.79 Å². The summed E-state index contributed by atoms with van der Waals surface area (Å²) in [5, 5.41) is 6.11. The molecule has 5 rings (SSSR count). The fraction of sp³-hybridized carbons (Fsp3) is 0.143. The van der Waals surface area contributed by atoms with Gasteiger partial charge < -0.3 is 29.6 Å². The van der Waals surface area contributed by atoms with Gasteiger partial charge in [-0.2, -0.15) is 0 Å². The lowest BCUT2D eigenvalue weighted by atomic mass is 10.2. The second kappa shape index (κ2) is 7.23. The van der Waals surface area contributed by atoms with Gasteiger partial charge in [0.25, 0.3) is 5.91 Å². The third-order valence-corrected chi connectivity index (χ3v) is 4.54. The van der Waals surface area contributed by atoms with E-state index in [0.717, 1.165) is 16.9 Å². The Kier molecular flexibility index (Phi) is 4.28. The van der Waals surface area contributed by atoms with Crippen LogP contribution in [0.4, 0.5) is 11.4 Å². The molecule has 2 aliphatic heterocycles. The Balaban J connectivity index is 1.25. The Bertz CT molecular complexity index is 1090. The van der Waals surface area contributed by atoms with Gasteiger partial charge in [0.1, 0.15) is 5.69 Å². The molecule has 8 heteroatoms. The first-order valence-corrected chi connectivity index (χ1v) is 9.04. The van der Waals surface area contributed by atoms with Gasteiger partial charge >= 0.3 is 0 Å². The SMILES string of the molecule is O=C(NCc1ccc2c(c1)OCO2)c1cc(Nc2ccc3c(c2)OCO3)ccn1. The molecule has 0 atom stereocenters. The Hall–Kier alpha value is -3.94. The molecular weight excluding hydrogens is 374 g/mol. The minimum Gasteiger partial charge on any atom is -0.454 e. The third kappa shape index (κ3) is 3.60. The van der Waals surface area contributed by atoms with Crippen molar-refractivity contribution in [2.24, 2.45) is 0 Å². The molecular formula is C21H17N3O5. The van der Waals surface area contributed by atoms with Crippen molar-refractivity contribution >= 4 is 17.3 Å². The summed E-state index contributed by atoms with van der Waals surface area (Å²) in [6, 6.07) is 14.6. The summed E-state index contributed by atoms with van der Waals surface area (Å²) in [5.74, 6) is 2.53. The van der Waals surface area contributed by atoms with Gasteiger partial charge in [0, 0.05) is 30.2 Å². The zero-order chi connectivity index (χ0) is 19.6. The number of amides is 1. The standard InChI is InChI=1S/C21H17N3O5/c25-21(23-10-13-1-3-17-19(7-13)28-11-26-17)16-8-15(5-6-22-16)24-14-2-4-18-20(9-14)29-12-27-18/h1-9H,10-12H2,(H,22,24)(H,23,25). The fourth-order valence-corrected chi connectivity index (χ4v) is 3.10. The number of rotatable bonds is 5. The molecule has 2 aliphatic rings. The monoisotopic (exact) mass is 391 g/mol. The van der Waals surface area contributed by atoms with Gasteiger partial charge in [-0.15, -0.1) is 0 Å². The minimum atomic E-state index is -0.267. The number of hydrogen-bond donors (Lipinski definition) is 2. The molecule has 0 aliphatic carbocycles. The van der Waals surface area contributed by atoms with Crippen LogP contribution in [0.2, 0.25) is 0 Å². The van der Waals surface area contributed by atoms with Crippen molar-refractivity contribution in [3.8, 4) is 23.0 Å². The molecule has 8 nitrogen and oxygen atoms in total. The molecule has 0 saturated heterocycles. The second-order valence-corrected chi connectivity index (χ2v) is 6.49. The first-order chi connectivity index (χ1) is 14.2. The van der Waals surface area contributed by atoms with Crippen LogP contribution >= 0.6 is 0 Å². The van der Waals surface area contributed by atoms with Crippen LogP contribution in [0, 0.1) is 0 Å². The molecule has 0 saturated carbocycles. The highest BCUT2D eigenvalue weighted by atomic mass is 16.7. The smallest absolute Gasteiger partial charge is 0.270 e. The van der Waals surface area contributed by atoms with E-state index in [1.54, 1.807) is 18.3 Å². The van der Waals surface area contributed by atoms with Crippen molar-refractivity contribution in [1.82, 2.24) is 10.3 Å². The summed E-state index contributed by atoms with van der Waals surface area (Å²) in [6.45, 7) is 0.803. The number of ether oxygens (including phenoxy) is 4. The summed E-state index contributed by atoms with van der Waals surface area (Å²) < 4.78 is 21.4. The molecule has 3 aromatic rings. The highest BCUT2D eigenvalue weighted by Crippen LogP contribution is 2.35. The molecule has 1 aromatic heterocycles. The van der Waals surface area contributed by atoms with Gasteiger partial charge in [-0.05, 0) is 42.0 Å². The van der Waals surface area contributed by atoms with Crippen LogP contribution in [-0.2, 0) is 6.54 Å². The molecule has 0 fully saturated rings. The van der Waals surface area contributed by atoms with Gasteiger partial charge in [0.15, 0.2) is 23.0 Å². The number of nitrogens with one attached hydrogen (secondary N) is 2. The quantitative estimate of drug-likeness (QED) is 0.690. The van der Waals surface area contributed by atoms with Crippen LogP contribution in [0.5, 0.6) is 23.0 Å². The molecule has 2 N–H and O–H groups in total. The molecule has 29 heavy (non-hydrogen) atoms. The highest BCUT2D eigenvalue weighted by molar-refractivity contribution is 5.93. The van der Waals surface area contributed by atoms with Gasteiger partial charge in [-0.3, -0.25) is 9.78 Å². The highest BCUT2D eigenvalue weighted by Gasteiger charge is 2.15. The van der Waals surface area contributed by atoms with Gasteiger partial charge in [-0.25, -0.2) is 0 Å². The van der Waals surface area contributed by atoms with Crippen LogP contribution in [0.25, 0.3) is 0 Å². The van der Waals surface area contributed by atoms with E-state index >= 15 is 0 Å². The van der Waals surface area contributed by atoms with E-state index < -0.39 is 0 Å². The first kappa shape index (κ1) is 17.2. The third-order valence-electron chi connectivity index (χ3n) is 4.54. The summed E-state index contributed by atoms with van der Waals surface area (Å²) in [6.07, 6.45) is 1.59. The van der Waals surface area contributed by atoms with Crippen molar-refractivity contribution in [2.75, 3.05) is 18.9 Å². The molecule has 0 bridgehead atoms. The Labute approximate surface area is 166 Å². The topological polar surface area (TPSA) is 90.9 Å². The van der Waals surface area contributed by atoms with E-state index in [1.165, 1.54) is 0 Å². The van der Waals surface area contributed by atoms with Crippen molar-refractivity contribution in [3.63, 3.8) is 0 Å². The van der Waals surface area contributed by atoms with Gasteiger partial charge in [0.2, 0.25) is 13.6 Å². The van der Waals surface area contributed by atoms with Crippen LogP contribution < -0.4 is 29.6 Å². The lowest BCUT2D eigenvalue weighted by Crippen LogP contribution is -2.23. The molecule has 0 radical (unpaired) electrons. The number of benzene rings is 2. The molecule has 0 spiro atoms. The normalized spacial score (nSPS) is 13.2. The van der Waals surface area contributed by atoms with Crippen molar-refractivity contribution in [3.05, 3.63) is 66.0 Å². The predicted molar refractivity (Wildman–Crippen MR) is 104 cm³/mol. The van der Waals surface area contributed by atoms with E-state index in [2.05, 4.69) is 15.6 Å². The first-order valence-electron chi connectivity index (χ1n) is 9.04. The summed E-state index contributed by atoms with van der Waals surface area (Å²) in [5.41, 5.74) is 2.80. The van der Waals surface area contributed by atoms with Crippen LogP contribution in [0.3, 0.4) is 0 Å². The van der Waals surface area contributed by atoms with Crippen LogP contribution in [0.15, 0.2) is 54.7 Å². The van der Waals surface area contributed by atoms with Crippen molar-refractivity contribution < 1.29 is 23.7 Å². The maximum atomic E-state index is 12.5. The maximum absolute atomic E-state index is 12.5. The second-order valence-electron chi connectivity index (χ2n) is 6.49. The Morgan fingerprint density at radius 2 is 1.52 bits per heavy atom. The Morgan fingerprint density at radius 3 is 2.34 bits per heavy atom. The van der Waals surface area contributed by atoms with Crippen molar-refractivity contribution in [1.29, 1.82) is 0 Å². The lowest BCUT2D eigenvalue weighted by Gasteiger charge is -2.09. The number of hydrogen-bond acceptors (Lipinski definition) is 7. The van der Waals surface area contributed by atoms with E-state index in [1.807, 2.05) is 36.4 Å². The summed E-state index contributed by atoms with van der Waals surface area (Å²) in [4.78, 5) is 16.7. The Morgan fingerprint density at radius 1 is 0.828 bits per heavy atom. The average molecular weight is 391 g/mol. The largest absolute Gasteiger partial charge is 0.454 e.